The standard InChI is InChI=1S/C16H25N3O3S.ClH/c1-13(17)14-8-10-19(11-9-14)16(20)12-18(2)23(21,22)15-6-4-3-5-7-15;/h3-7,13-14H,8-12,17H2,1-2H3;1H. The second kappa shape index (κ2) is 8.80. The Bertz CT molecular complexity index is 629. The van der Waals surface area contributed by atoms with E-state index in [1.165, 1.54) is 19.2 Å². The summed E-state index contributed by atoms with van der Waals surface area (Å²) in [6.45, 7) is 3.14. The van der Waals surface area contributed by atoms with Crippen molar-refractivity contribution in [1.29, 1.82) is 0 Å². The quantitative estimate of drug-likeness (QED) is 0.841. The lowest BCUT2D eigenvalue weighted by Crippen LogP contribution is -2.46. The summed E-state index contributed by atoms with van der Waals surface area (Å²) in [4.78, 5) is 14.3. The second-order valence-corrected chi connectivity index (χ2v) is 8.20. The molecule has 1 aromatic carbocycles. The average Bonchev–Trinajstić information content (AvgIpc) is 2.55. The lowest BCUT2D eigenvalue weighted by atomic mass is 9.91. The van der Waals surface area contributed by atoms with E-state index in [4.69, 9.17) is 5.73 Å². The molecular weight excluding hydrogens is 350 g/mol. The Morgan fingerprint density at radius 3 is 2.33 bits per heavy atom. The first-order valence-corrected chi connectivity index (χ1v) is 9.31. The zero-order chi connectivity index (χ0) is 17.0. The van der Waals surface area contributed by atoms with Crippen LogP contribution in [0.15, 0.2) is 35.2 Å². The van der Waals surface area contributed by atoms with Gasteiger partial charge in [0, 0.05) is 26.2 Å². The number of sulfonamides is 1. The highest BCUT2D eigenvalue weighted by Crippen LogP contribution is 2.20. The molecule has 1 atom stereocenters. The number of carbonyl (C=O) groups excluding carboxylic acids is 1. The SMILES string of the molecule is CC(N)C1CCN(C(=O)CN(C)S(=O)(=O)c2ccccc2)CC1.Cl. The number of nitrogens with two attached hydrogens (primary N) is 1. The second-order valence-electron chi connectivity index (χ2n) is 6.15. The van der Waals surface area contributed by atoms with Crippen molar-refractivity contribution in [1.82, 2.24) is 9.21 Å². The zero-order valence-electron chi connectivity index (χ0n) is 14.1. The van der Waals surface area contributed by atoms with Gasteiger partial charge in [-0.15, -0.1) is 12.4 Å². The first kappa shape index (κ1) is 20.9. The van der Waals surface area contributed by atoms with Gasteiger partial charge in [0.2, 0.25) is 15.9 Å². The van der Waals surface area contributed by atoms with Gasteiger partial charge in [0.05, 0.1) is 11.4 Å². The van der Waals surface area contributed by atoms with Gasteiger partial charge in [-0.2, -0.15) is 4.31 Å². The maximum atomic E-state index is 12.4. The predicted octanol–water partition coefficient (Wildman–Crippen LogP) is 1.31. The molecule has 1 aromatic rings. The Kier molecular flexibility index (Phi) is 7.66. The minimum absolute atomic E-state index is 0. The number of piperidine rings is 1. The molecule has 0 bridgehead atoms. The van der Waals surface area contributed by atoms with Crippen LogP contribution < -0.4 is 5.73 Å². The number of hydrogen-bond acceptors (Lipinski definition) is 4. The fourth-order valence-electron chi connectivity index (χ4n) is 2.82. The van der Waals surface area contributed by atoms with E-state index in [9.17, 15) is 13.2 Å². The molecule has 24 heavy (non-hydrogen) atoms. The molecule has 1 saturated heterocycles. The summed E-state index contributed by atoms with van der Waals surface area (Å²) in [7, 11) is -2.19. The number of benzene rings is 1. The van der Waals surface area contributed by atoms with Gasteiger partial charge in [0.25, 0.3) is 0 Å². The van der Waals surface area contributed by atoms with Gasteiger partial charge in [0.15, 0.2) is 0 Å². The summed E-state index contributed by atoms with van der Waals surface area (Å²) in [6, 6.07) is 8.29. The van der Waals surface area contributed by atoms with Crippen molar-refractivity contribution in [2.45, 2.75) is 30.7 Å². The molecule has 0 spiro atoms. The Hall–Kier alpha value is -1.15. The number of amides is 1. The minimum atomic E-state index is -3.63. The Morgan fingerprint density at radius 1 is 1.29 bits per heavy atom. The van der Waals surface area contributed by atoms with Crippen LogP contribution in [0.4, 0.5) is 0 Å². The van der Waals surface area contributed by atoms with E-state index in [-0.39, 0.29) is 35.8 Å². The third-order valence-electron chi connectivity index (χ3n) is 4.45. The van der Waals surface area contributed by atoms with Gasteiger partial charge in [-0.3, -0.25) is 4.79 Å². The third kappa shape index (κ3) is 4.92. The number of likely N-dealkylation sites (N-methyl/N-ethyl adjacent to an activating group) is 1. The lowest BCUT2D eigenvalue weighted by molar-refractivity contribution is -0.132. The molecule has 0 radical (unpaired) electrons. The smallest absolute Gasteiger partial charge is 0.243 e. The fourth-order valence-corrected chi connectivity index (χ4v) is 3.96. The highest BCUT2D eigenvalue weighted by atomic mass is 35.5. The van der Waals surface area contributed by atoms with Gasteiger partial charge in [-0.05, 0) is 37.8 Å². The van der Waals surface area contributed by atoms with Gasteiger partial charge >= 0.3 is 0 Å². The number of nitrogens with zero attached hydrogens (tertiary/aromatic N) is 2. The predicted molar refractivity (Wildman–Crippen MR) is 96.5 cm³/mol. The maximum absolute atomic E-state index is 12.4. The van der Waals surface area contributed by atoms with Crippen LogP contribution in [0.2, 0.25) is 0 Å². The molecule has 1 aliphatic heterocycles. The van der Waals surface area contributed by atoms with E-state index in [2.05, 4.69) is 0 Å². The summed E-state index contributed by atoms with van der Waals surface area (Å²) in [5.41, 5.74) is 5.90. The molecule has 1 fully saturated rings. The molecule has 2 N–H and O–H groups in total. The van der Waals surface area contributed by atoms with Crippen molar-refractivity contribution in [3.05, 3.63) is 30.3 Å². The molecular formula is C16H26ClN3O3S. The molecule has 1 amide bonds. The van der Waals surface area contributed by atoms with E-state index in [0.29, 0.717) is 19.0 Å². The van der Waals surface area contributed by atoms with Crippen molar-refractivity contribution in [2.24, 2.45) is 11.7 Å². The first-order valence-electron chi connectivity index (χ1n) is 7.87. The molecule has 8 heteroatoms. The number of likely N-dealkylation sites (tertiary alicyclic amines) is 1. The van der Waals surface area contributed by atoms with Crippen molar-refractivity contribution < 1.29 is 13.2 Å². The summed E-state index contributed by atoms with van der Waals surface area (Å²) in [6.07, 6.45) is 1.75. The third-order valence-corrected chi connectivity index (χ3v) is 6.26. The van der Waals surface area contributed by atoms with Crippen molar-refractivity contribution >= 4 is 28.3 Å². The molecule has 0 aliphatic carbocycles. The molecule has 1 heterocycles. The normalized spacial score (nSPS) is 17.4. The number of carbonyl (C=O) groups is 1. The van der Waals surface area contributed by atoms with Gasteiger partial charge in [-0.25, -0.2) is 8.42 Å². The average molecular weight is 376 g/mol. The van der Waals surface area contributed by atoms with Crippen molar-refractivity contribution in [3.63, 3.8) is 0 Å². The number of halogens is 1. The van der Waals surface area contributed by atoms with Crippen molar-refractivity contribution in [2.75, 3.05) is 26.7 Å². The van der Waals surface area contributed by atoms with Gasteiger partial charge in [-0.1, -0.05) is 18.2 Å². The zero-order valence-corrected chi connectivity index (χ0v) is 15.7. The highest BCUT2D eigenvalue weighted by molar-refractivity contribution is 7.89. The number of hydrogen-bond donors (Lipinski definition) is 1. The maximum Gasteiger partial charge on any atom is 0.243 e. The van der Waals surface area contributed by atoms with E-state index < -0.39 is 10.0 Å². The van der Waals surface area contributed by atoms with E-state index in [1.54, 1.807) is 23.1 Å². The molecule has 6 nitrogen and oxygen atoms in total. The monoisotopic (exact) mass is 375 g/mol. The Balaban J connectivity index is 0.00000288. The molecule has 0 saturated carbocycles. The summed E-state index contributed by atoms with van der Waals surface area (Å²) in [5, 5.41) is 0. The molecule has 1 aliphatic rings. The molecule has 2 rings (SSSR count). The Labute approximate surface area is 150 Å². The highest BCUT2D eigenvalue weighted by Gasteiger charge is 2.28. The molecule has 1 unspecified atom stereocenters. The van der Waals surface area contributed by atoms with Crippen LogP contribution in [0, 0.1) is 5.92 Å². The molecule has 136 valence electrons. The Morgan fingerprint density at radius 2 is 1.83 bits per heavy atom. The van der Waals surface area contributed by atoms with Crippen LogP contribution in [0.1, 0.15) is 19.8 Å². The van der Waals surface area contributed by atoms with E-state index in [1.807, 2.05) is 6.92 Å². The molecule has 0 aromatic heterocycles. The first-order chi connectivity index (χ1) is 10.8. The fraction of sp³-hybridized carbons (Fsp3) is 0.562. The van der Waals surface area contributed by atoms with Gasteiger partial charge < -0.3 is 10.6 Å². The van der Waals surface area contributed by atoms with Gasteiger partial charge in [0.1, 0.15) is 0 Å². The van der Waals surface area contributed by atoms with E-state index >= 15 is 0 Å². The van der Waals surface area contributed by atoms with Crippen LogP contribution in [-0.4, -0.2) is 56.3 Å². The van der Waals surface area contributed by atoms with Crippen molar-refractivity contribution in [3.8, 4) is 0 Å². The minimum Gasteiger partial charge on any atom is -0.342 e. The van der Waals surface area contributed by atoms with Crippen LogP contribution in [0.3, 0.4) is 0 Å². The summed E-state index contributed by atoms with van der Waals surface area (Å²) in [5.74, 6) is 0.278. The topological polar surface area (TPSA) is 83.7 Å². The largest absolute Gasteiger partial charge is 0.342 e. The number of rotatable bonds is 5. The van der Waals surface area contributed by atoms with Crippen LogP contribution >= 0.6 is 12.4 Å². The van der Waals surface area contributed by atoms with E-state index in [0.717, 1.165) is 17.1 Å². The summed E-state index contributed by atoms with van der Waals surface area (Å²) >= 11 is 0. The summed E-state index contributed by atoms with van der Waals surface area (Å²) < 4.78 is 26.0. The van der Waals surface area contributed by atoms with Crippen LogP contribution in [0.25, 0.3) is 0 Å². The lowest BCUT2D eigenvalue weighted by Gasteiger charge is -2.34. The van der Waals surface area contributed by atoms with Crippen LogP contribution in [0.5, 0.6) is 0 Å². The van der Waals surface area contributed by atoms with Crippen LogP contribution in [-0.2, 0) is 14.8 Å².